The fourth-order valence-corrected chi connectivity index (χ4v) is 4.44. The smallest absolute Gasteiger partial charge is 0.230 e. The maximum atomic E-state index is 12.8. The van der Waals surface area contributed by atoms with E-state index in [1.54, 1.807) is 0 Å². The number of amides is 1. The molecule has 2 aliphatic rings. The van der Waals surface area contributed by atoms with Crippen LogP contribution in [0.5, 0.6) is 0 Å². The number of pyridine rings is 1. The molecule has 0 saturated carbocycles. The van der Waals surface area contributed by atoms with Crippen molar-refractivity contribution in [1.29, 1.82) is 0 Å². The predicted molar refractivity (Wildman–Crippen MR) is 118 cm³/mol. The minimum Gasteiger partial charge on any atom is -0.318 e. The maximum absolute atomic E-state index is 12.8. The number of aryl methyl sites for hydroxylation is 3. The molecule has 2 aromatic rings. The lowest BCUT2D eigenvalue weighted by Crippen LogP contribution is -2.33. The van der Waals surface area contributed by atoms with Crippen LogP contribution in [0.15, 0.2) is 36.5 Å². The van der Waals surface area contributed by atoms with Gasteiger partial charge in [0.2, 0.25) is 5.91 Å². The number of rotatable bonds is 5. The van der Waals surface area contributed by atoms with E-state index in [1.165, 1.54) is 22.4 Å². The summed E-state index contributed by atoms with van der Waals surface area (Å²) in [4.78, 5) is 21.9. The molecule has 0 spiro atoms. The summed E-state index contributed by atoms with van der Waals surface area (Å²) in [6.45, 7) is 10.3. The first-order valence-electron chi connectivity index (χ1n) is 10.7. The van der Waals surface area contributed by atoms with Crippen LogP contribution < -0.4 is 0 Å². The van der Waals surface area contributed by atoms with Gasteiger partial charge in [-0.2, -0.15) is 0 Å². The summed E-state index contributed by atoms with van der Waals surface area (Å²) >= 11 is 0. The largest absolute Gasteiger partial charge is 0.318 e. The molecule has 1 aromatic heterocycles. The summed E-state index contributed by atoms with van der Waals surface area (Å²) in [5.41, 5.74) is 7.12. The van der Waals surface area contributed by atoms with E-state index in [4.69, 9.17) is 0 Å². The monoisotopic (exact) mass is 389 g/mol. The third-order valence-corrected chi connectivity index (χ3v) is 6.31. The van der Waals surface area contributed by atoms with Gasteiger partial charge in [0.1, 0.15) is 0 Å². The number of carbonyl (C=O) groups is 1. The fourth-order valence-electron chi connectivity index (χ4n) is 4.44. The van der Waals surface area contributed by atoms with Gasteiger partial charge < -0.3 is 9.80 Å². The standard InChI is InChI=1S/C25H31N3O/c1-18-13-22-8-12-28(25(29)15-23(22)14-19(18)2)17-21-7-10-27(16-21)11-9-24-6-4-5-20(3)26-24/h4-6,8,12-14,21H,7,9-11,15-17H2,1-3H3. The second-order valence-electron chi connectivity index (χ2n) is 8.65. The number of fused-ring (bicyclic) bond motifs is 1. The van der Waals surface area contributed by atoms with Crippen LogP contribution in [-0.2, 0) is 17.6 Å². The van der Waals surface area contributed by atoms with Gasteiger partial charge in [-0.1, -0.05) is 18.2 Å². The highest BCUT2D eigenvalue weighted by molar-refractivity contribution is 5.83. The molecule has 4 nitrogen and oxygen atoms in total. The Kier molecular flexibility index (Phi) is 5.81. The molecule has 1 amide bonds. The number of hydrogen-bond acceptors (Lipinski definition) is 3. The van der Waals surface area contributed by atoms with E-state index in [9.17, 15) is 4.79 Å². The van der Waals surface area contributed by atoms with Crippen molar-refractivity contribution >= 4 is 12.0 Å². The molecule has 0 radical (unpaired) electrons. The van der Waals surface area contributed by atoms with Crippen molar-refractivity contribution in [2.75, 3.05) is 26.2 Å². The Morgan fingerprint density at radius 2 is 1.97 bits per heavy atom. The van der Waals surface area contributed by atoms with E-state index < -0.39 is 0 Å². The fraction of sp³-hybridized carbons (Fsp3) is 0.440. The molecule has 0 N–H and O–H groups in total. The van der Waals surface area contributed by atoms with Crippen LogP contribution in [0.1, 0.15) is 40.1 Å². The lowest BCUT2D eigenvalue weighted by molar-refractivity contribution is -0.128. The van der Waals surface area contributed by atoms with Crippen molar-refractivity contribution < 1.29 is 4.79 Å². The number of hydrogen-bond donors (Lipinski definition) is 0. The zero-order valence-corrected chi connectivity index (χ0v) is 17.8. The molecule has 4 rings (SSSR count). The molecule has 1 aromatic carbocycles. The van der Waals surface area contributed by atoms with Gasteiger partial charge in [-0.25, -0.2) is 0 Å². The molecule has 4 heteroatoms. The Labute approximate surface area is 174 Å². The van der Waals surface area contributed by atoms with Crippen LogP contribution in [0.3, 0.4) is 0 Å². The second-order valence-corrected chi connectivity index (χ2v) is 8.65. The lowest BCUT2D eigenvalue weighted by Gasteiger charge is -2.22. The van der Waals surface area contributed by atoms with Gasteiger partial charge >= 0.3 is 0 Å². The summed E-state index contributed by atoms with van der Waals surface area (Å²) in [5.74, 6) is 0.754. The van der Waals surface area contributed by atoms with Gasteiger partial charge in [-0.15, -0.1) is 0 Å². The molecule has 1 unspecified atom stereocenters. The Hall–Kier alpha value is -2.46. The van der Waals surface area contributed by atoms with Crippen LogP contribution in [0, 0.1) is 26.7 Å². The molecule has 0 aliphatic carbocycles. The molecule has 2 aliphatic heterocycles. The first kappa shape index (κ1) is 19.8. The molecule has 152 valence electrons. The van der Waals surface area contributed by atoms with E-state index in [-0.39, 0.29) is 5.91 Å². The lowest BCUT2D eigenvalue weighted by atomic mass is 9.98. The number of likely N-dealkylation sites (tertiary alicyclic amines) is 1. The topological polar surface area (TPSA) is 36.4 Å². The number of aromatic nitrogens is 1. The molecule has 3 heterocycles. The van der Waals surface area contributed by atoms with Crippen molar-refractivity contribution in [3.63, 3.8) is 0 Å². The first-order chi connectivity index (χ1) is 14.0. The third-order valence-electron chi connectivity index (χ3n) is 6.31. The van der Waals surface area contributed by atoms with Crippen molar-refractivity contribution in [1.82, 2.24) is 14.8 Å². The Morgan fingerprint density at radius 1 is 1.14 bits per heavy atom. The molecular weight excluding hydrogens is 358 g/mol. The van der Waals surface area contributed by atoms with E-state index >= 15 is 0 Å². The van der Waals surface area contributed by atoms with Crippen molar-refractivity contribution in [2.45, 2.75) is 40.0 Å². The summed E-state index contributed by atoms with van der Waals surface area (Å²) in [6, 6.07) is 10.6. The zero-order chi connectivity index (χ0) is 20.4. The van der Waals surface area contributed by atoms with Gasteiger partial charge in [-0.05, 0) is 80.1 Å². The first-order valence-corrected chi connectivity index (χ1v) is 10.7. The summed E-state index contributed by atoms with van der Waals surface area (Å²) < 4.78 is 0. The molecule has 1 fully saturated rings. The van der Waals surface area contributed by atoms with Gasteiger partial charge in [0.25, 0.3) is 0 Å². The second kappa shape index (κ2) is 8.50. The van der Waals surface area contributed by atoms with E-state index in [1.807, 2.05) is 24.1 Å². The van der Waals surface area contributed by atoms with E-state index in [2.05, 4.69) is 54.1 Å². The van der Waals surface area contributed by atoms with Crippen molar-refractivity contribution in [3.8, 4) is 0 Å². The summed E-state index contributed by atoms with van der Waals surface area (Å²) in [6.07, 6.45) is 6.76. The highest BCUT2D eigenvalue weighted by atomic mass is 16.2. The average molecular weight is 390 g/mol. The van der Waals surface area contributed by atoms with Crippen molar-refractivity contribution in [2.24, 2.45) is 5.92 Å². The average Bonchev–Trinajstić information content (AvgIpc) is 3.08. The van der Waals surface area contributed by atoms with Crippen LogP contribution in [0.2, 0.25) is 0 Å². The SMILES string of the molecule is Cc1cccc(CCN2CCC(CN3C=Cc4cc(C)c(C)cc4CC3=O)C2)n1. The third kappa shape index (κ3) is 4.76. The zero-order valence-electron chi connectivity index (χ0n) is 17.8. The van der Waals surface area contributed by atoms with Gasteiger partial charge in [0, 0.05) is 43.6 Å². The highest BCUT2D eigenvalue weighted by Crippen LogP contribution is 2.24. The summed E-state index contributed by atoms with van der Waals surface area (Å²) in [5, 5.41) is 0. The Morgan fingerprint density at radius 3 is 2.79 bits per heavy atom. The molecule has 29 heavy (non-hydrogen) atoms. The number of nitrogens with zero attached hydrogens (tertiary/aromatic N) is 3. The normalized spacial score (nSPS) is 19.5. The quantitative estimate of drug-likeness (QED) is 0.777. The number of benzene rings is 1. The van der Waals surface area contributed by atoms with E-state index in [0.29, 0.717) is 12.3 Å². The van der Waals surface area contributed by atoms with Gasteiger partial charge in [-0.3, -0.25) is 9.78 Å². The van der Waals surface area contributed by atoms with Crippen molar-refractivity contribution in [3.05, 3.63) is 70.2 Å². The van der Waals surface area contributed by atoms with Crippen LogP contribution in [0.4, 0.5) is 0 Å². The predicted octanol–water partition coefficient (Wildman–Crippen LogP) is 3.93. The molecule has 0 bridgehead atoms. The molecule has 1 saturated heterocycles. The number of carbonyl (C=O) groups excluding carboxylic acids is 1. The van der Waals surface area contributed by atoms with Crippen LogP contribution >= 0.6 is 0 Å². The van der Waals surface area contributed by atoms with E-state index in [0.717, 1.165) is 50.3 Å². The Balaban J connectivity index is 1.33. The minimum atomic E-state index is 0.214. The molecular formula is C25H31N3O. The minimum absolute atomic E-state index is 0.214. The van der Waals surface area contributed by atoms with Crippen LogP contribution in [-0.4, -0.2) is 46.9 Å². The van der Waals surface area contributed by atoms with Gasteiger partial charge in [0.05, 0.1) is 6.42 Å². The molecule has 1 atom stereocenters. The highest BCUT2D eigenvalue weighted by Gasteiger charge is 2.26. The van der Waals surface area contributed by atoms with Gasteiger partial charge in [0.15, 0.2) is 0 Å². The summed E-state index contributed by atoms with van der Waals surface area (Å²) in [7, 11) is 0. The Bertz CT molecular complexity index is 934. The maximum Gasteiger partial charge on any atom is 0.230 e. The van der Waals surface area contributed by atoms with Crippen LogP contribution in [0.25, 0.3) is 6.08 Å².